The predicted molar refractivity (Wildman–Crippen MR) is 88.7 cm³/mol. The molecule has 0 bridgehead atoms. The second-order valence-electron chi connectivity index (χ2n) is 7.14. The van der Waals surface area contributed by atoms with Crippen molar-refractivity contribution in [1.82, 2.24) is 10.2 Å². The summed E-state index contributed by atoms with van der Waals surface area (Å²) in [5, 5.41) is 15.4. The lowest BCUT2D eigenvalue weighted by Crippen LogP contribution is -2.33. The molecule has 0 aromatic carbocycles. The van der Waals surface area contributed by atoms with Crippen molar-refractivity contribution in [2.75, 3.05) is 32.7 Å². The zero-order valence-corrected chi connectivity index (χ0v) is 14.1. The Hall–Kier alpha value is -0.810. The largest absolute Gasteiger partial charge is 0.409 e. The van der Waals surface area contributed by atoms with Crippen molar-refractivity contribution in [2.45, 2.75) is 52.9 Å². The maximum absolute atomic E-state index is 8.74. The van der Waals surface area contributed by atoms with Gasteiger partial charge in [-0.1, -0.05) is 32.3 Å². The number of nitrogens with two attached hydrogens (primary N) is 1. The van der Waals surface area contributed by atoms with Gasteiger partial charge in [-0.05, 0) is 57.8 Å². The van der Waals surface area contributed by atoms with Crippen LogP contribution in [0.1, 0.15) is 52.9 Å². The summed E-state index contributed by atoms with van der Waals surface area (Å²) in [5.41, 5.74) is 5.48. The Morgan fingerprint density at radius 1 is 1.33 bits per heavy atom. The molecule has 5 heteroatoms. The molecule has 1 aliphatic heterocycles. The number of rotatable bonds is 10. The Labute approximate surface area is 130 Å². The van der Waals surface area contributed by atoms with Crippen molar-refractivity contribution >= 4 is 5.84 Å². The molecule has 5 nitrogen and oxygen atoms in total. The minimum atomic E-state index is -0.211. The van der Waals surface area contributed by atoms with Gasteiger partial charge in [0.1, 0.15) is 5.84 Å². The smallest absolute Gasteiger partial charge is 0.144 e. The van der Waals surface area contributed by atoms with Crippen LogP contribution in [-0.2, 0) is 0 Å². The summed E-state index contributed by atoms with van der Waals surface area (Å²) in [7, 11) is 0. The number of hydrogen-bond acceptors (Lipinski definition) is 4. The monoisotopic (exact) mass is 298 g/mol. The van der Waals surface area contributed by atoms with E-state index in [4.69, 9.17) is 10.9 Å². The fourth-order valence-corrected chi connectivity index (χ4v) is 2.90. The van der Waals surface area contributed by atoms with Crippen molar-refractivity contribution in [1.29, 1.82) is 0 Å². The van der Waals surface area contributed by atoms with Gasteiger partial charge < -0.3 is 21.2 Å². The van der Waals surface area contributed by atoms with E-state index in [1.54, 1.807) is 0 Å². The van der Waals surface area contributed by atoms with Crippen LogP contribution in [0.25, 0.3) is 0 Å². The Balaban J connectivity index is 2.01. The maximum atomic E-state index is 8.74. The molecule has 1 atom stereocenters. The standard InChI is InChI=1S/C16H34N4O/c1-14(13-20-10-6-7-11-20)12-18-9-5-4-8-16(2,3)15(17)19-21/h14,18,21H,4-13H2,1-3H3,(H2,17,19). The van der Waals surface area contributed by atoms with Crippen molar-refractivity contribution in [3.8, 4) is 0 Å². The van der Waals surface area contributed by atoms with Crippen LogP contribution in [0.3, 0.4) is 0 Å². The summed E-state index contributed by atoms with van der Waals surface area (Å²) in [6.07, 6.45) is 5.93. The van der Waals surface area contributed by atoms with Gasteiger partial charge in [-0.3, -0.25) is 0 Å². The summed E-state index contributed by atoms with van der Waals surface area (Å²) in [4.78, 5) is 2.58. The first-order valence-corrected chi connectivity index (χ1v) is 8.37. The van der Waals surface area contributed by atoms with Gasteiger partial charge in [0.05, 0.1) is 0 Å². The van der Waals surface area contributed by atoms with Crippen molar-refractivity contribution < 1.29 is 5.21 Å². The van der Waals surface area contributed by atoms with Crippen molar-refractivity contribution in [3.05, 3.63) is 0 Å². The van der Waals surface area contributed by atoms with Crippen LogP contribution in [-0.4, -0.2) is 48.7 Å². The van der Waals surface area contributed by atoms with Crippen LogP contribution in [0.15, 0.2) is 5.16 Å². The van der Waals surface area contributed by atoms with E-state index < -0.39 is 0 Å². The van der Waals surface area contributed by atoms with Crippen LogP contribution in [0.5, 0.6) is 0 Å². The number of amidine groups is 1. The molecule has 0 aromatic rings. The summed E-state index contributed by atoms with van der Waals surface area (Å²) in [6.45, 7) is 12.3. The molecule has 1 fully saturated rings. The van der Waals surface area contributed by atoms with Gasteiger partial charge >= 0.3 is 0 Å². The molecule has 1 unspecified atom stereocenters. The zero-order valence-electron chi connectivity index (χ0n) is 14.1. The highest BCUT2D eigenvalue weighted by molar-refractivity contribution is 5.85. The van der Waals surface area contributed by atoms with Crippen molar-refractivity contribution in [2.24, 2.45) is 22.2 Å². The Morgan fingerprint density at radius 3 is 2.62 bits per heavy atom. The second-order valence-corrected chi connectivity index (χ2v) is 7.14. The molecule has 0 amide bonds. The van der Waals surface area contributed by atoms with Gasteiger partial charge in [0.25, 0.3) is 0 Å². The third-order valence-corrected chi connectivity index (χ3v) is 4.47. The van der Waals surface area contributed by atoms with E-state index >= 15 is 0 Å². The molecular weight excluding hydrogens is 264 g/mol. The van der Waals surface area contributed by atoms with E-state index in [2.05, 4.69) is 22.3 Å². The molecule has 21 heavy (non-hydrogen) atoms. The minimum Gasteiger partial charge on any atom is -0.409 e. The van der Waals surface area contributed by atoms with E-state index in [1.807, 2.05) is 13.8 Å². The molecular formula is C16H34N4O. The number of oxime groups is 1. The van der Waals surface area contributed by atoms with E-state index in [-0.39, 0.29) is 5.41 Å². The highest BCUT2D eigenvalue weighted by Crippen LogP contribution is 2.23. The fourth-order valence-electron chi connectivity index (χ4n) is 2.90. The highest BCUT2D eigenvalue weighted by Gasteiger charge is 2.22. The second kappa shape index (κ2) is 9.26. The molecule has 0 radical (unpaired) electrons. The Kier molecular flexibility index (Phi) is 8.04. The SMILES string of the molecule is CC(CNCCCCC(C)(C)C(N)=NO)CN1CCCC1. The molecule has 1 aliphatic rings. The van der Waals surface area contributed by atoms with Crippen LogP contribution in [0.2, 0.25) is 0 Å². The first kappa shape index (κ1) is 18.2. The lowest BCUT2D eigenvalue weighted by molar-refractivity contribution is 0.282. The Bertz CT molecular complexity index is 311. The number of nitrogens with zero attached hydrogens (tertiary/aromatic N) is 2. The molecule has 124 valence electrons. The number of unbranched alkanes of at least 4 members (excludes halogenated alkanes) is 1. The number of hydrogen-bond donors (Lipinski definition) is 3. The normalized spacial score (nSPS) is 19.1. The fraction of sp³-hybridized carbons (Fsp3) is 0.938. The molecule has 0 saturated carbocycles. The molecule has 1 rings (SSSR count). The quantitative estimate of drug-likeness (QED) is 0.190. The zero-order chi connectivity index (χ0) is 15.7. The van der Waals surface area contributed by atoms with Gasteiger partial charge in [-0.15, -0.1) is 0 Å². The lowest BCUT2D eigenvalue weighted by atomic mass is 9.86. The van der Waals surface area contributed by atoms with Crippen molar-refractivity contribution in [3.63, 3.8) is 0 Å². The van der Waals surface area contributed by atoms with Gasteiger partial charge in [0.2, 0.25) is 0 Å². The van der Waals surface area contributed by atoms with E-state index in [1.165, 1.54) is 32.5 Å². The third-order valence-electron chi connectivity index (χ3n) is 4.47. The van der Waals surface area contributed by atoms with Gasteiger partial charge in [0.15, 0.2) is 0 Å². The average molecular weight is 298 g/mol. The number of nitrogens with one attached hydrogen (secondary N) is 1. The first-order valence-electron chi connectivity index (χ1n) is 8.37. The molecule has 1 heterocycles. The van der Waals surface area contributed by atoms with Crippen LogP contribution < -0.4 is 11.1 Å². The highest BCUT2D eigenvalue weighted by atomic mass is 16.4. The summed E-state index contributed by atoms with van der Waals surface area (Å²) in [5.74, 6) is 1.05. The summed E-state index contributed by atoms with van der Waals surface area (Å²) < 4.78 is 0. The number of likely N-dealkylation sites (tertiary alicyclic amines) is 1. The van der Waals surface area contributed by atoms with Gasteiger partial charge in [0, 0.05) is 12.0 Å². The van der Waals surface area contributed by atoms with Gasteiger partial charge in [-0.2, -0.15) is 0 Å². The molecule has 0 spiro atoms. The summed E-state index contributed by atoms with van der Waals surface area (Å²) in [6, 6.07) is 0. The van der Waals surface area contributed by atoms with Crippen LogP contribution in [0.4, 0.5) is 0 Å². The van der Waals surface area contributed by atoms with Crippen LogP contribution in [0, 0.1) is 11.3 Å². The van der Waals surface area contributed by atoms with Gasteiger partial charge in [-0.25, -0.2) is 0 Å². The van der Waals surface area contributed by atoms with E-state index in [0.717, 1.165) is 38.3 Å². The summed E-state index contributed by atoms with van der Waals surface area (Å²) >= 11 is 0. The van der Waals surface area contributed by atoms with E-state index in [9.17, 15) is 0 Å². The molecule has 0 aromatic heterocycles. The first-order chi connectivity index (χ1) is 9.95. The third kappa shape index (κ3) is 7.14. The topological polar surface area (TPSA) is 73.9 Å². The van der Waals surface area contributed by atoms with Crippen LogP contribution >= 0.6 is 0 Å². The Morgan fingerprint density at radius 2 is 2.00 bits per heavy atom. The predicted octanol–water partition coefficient (Wildman–Crippen LogP) is 2.25. The minimum absolute atomic E-state index is 0.211. The molecule has 1 saturated heterocycles. The lowest BCUT2D eigenvalue weighted by Gasteiger charge is -2.23. The molecule has 4 N–H and O–H groups in total. The molecule has 0 aliphatic carbocycles. The maximum Gasteiger partial charge on any atom is 0.144 e. The van der Waals surface area contributed by atoms with E-state index in [0.29, 0.717) is 5.84 Å². The average Bonchev–Trinajstić information content (AvgIpc) is 2.94.